The van der Waals surface area contributed by atoms with E-state index in [2.05, 4.69) is 27.7 Å². The minimum absolute atomic E-state index is 0.127. The fourth-order valence-electron chi connectivity index (χ4n) is 3.19. The fraction of sp³-hybridized carbons (Fsp3) is 0.421. The number of aliphatic hydroxyl groups excluding tert-OH is 1. The Hall–Kier alpha value is -2.47. The van der Waals surface area contributed by atoms with Gasteiger partial charge in [-0.1, -0.05) is 18.2 Å². The summed E-state index contributed by atoms with van der Waals surface area (Å²) in [7, 11) is 0. The number of hydrogen-bond acceptors (Lipinski definition) is 4. The van der Waals surface area contributed by atoms with Crippen molar-refractivity contribution in [1.29, 1.82) is 0 Å². The molecule has 134 valence electrons. The maximum atomic E-state index is 12.2. The van der Waals surface area contributed by atoms with E-state index in [4.69, 9.17) is 4.42 Å². The molecule has 2 heterocycles. The van der Waals surface area contributed by atoms with Gasteiger partial charge < -0.3 is 25.1 Å². The topological polar surface area (TPSA) is 77.7 Å². The van der Waals surface area contributed by atoms with Crippen LogP contribution in [0.5, 0.6) is 0 Å². The molecular weight excluding hydrogens is 318 g/mol. The second-order valence-electron chi connectivity index (χ2n) is 6.55. The van der Waals surface area contributed by atoms with Gasteiger partial charge in [-0.25, -0.2) is 4.79 Å². The minimum Gasteiger partial charge on any atom is -0.467 e. The number of amides is 2. The molecule has 1 aliphatic heterocycles. The molecule has 2 aromatic rings. The van der Waals surface area contributed by atoms with E-state index in [1.54, 1.807) is 12.1 Å². The van der Waals surface area contributed by atoms with Gasteiger partial charge in [-0.15, -0.1) is 0 Å². The quantitative estimate of drug-likeness (QED) is 0.753. The lowest BCUT2D eigenvalue weighted by Gasteiger charge is -2.21. The summed E-state index contributed by atoms with van der Waals surface area (Å²) in [5, 5.41) is 16.0. The fourth-order valence-corrected chi connectivity index (χ4v) is 3.19. The van der Waals surface area contributed by atoms with Crippen molar-refractivity contribution in [2.45, 2.75) is 38.0 Å². The van der Waals surface area contributed by atoms with Crippen molar-refractivity contribution in [3.05, 3.63) is 54.5 Å². The number of nitrogens with zero attached hydrogens (tertiary/aromatic N) is 1. The monoisotopic (exact) mass is 343 g/mol. The van der Waals surface area contributed by atoms with Crippen LogP contribution in [0.25, 0.3) is 0 Å². The van der Waals surface area contributed by atoms with Crippen LogP contribution in [0, 0.1) is 0 Å². The first-order valence-corrected chi connectivity index (χ1v) is 8.70. The zero-order valence-electron chi connectivity index (χ0n) is 14.4. The van der Waals surface area contributed by atoms with Gasteiger partial charge in [0, 0.05) is 37.3 Å². The molecule has 0 spiro atoms. The molecule has 0 unspecified atom stereocenters. The standard InChI is InChI=1S/C19H25N3O3/c1-14(12-17(23)18-8-5-11-25-18)20-19(24)21-15-9-10-22(13-15)16-6-3-2-4-7-16/h2-8,11,14-15,17,23H,9-10,12-13H2,1H3,(H2,20,21,24)/t14-,15-,17-/m1/s1. The SMILES string of the molecule is C[C@H](C[C@@H](O)c1ccco1)NC(=O)N[C@@H]1CCN(c2ccccc2)C1. The molecule has 3 atom stereocenters. The number of carbonyl (C=O) groups is 1. The molecule has 1 aliphatic rings. The Kier molecular flexibility index (Phi) is 5.60. The molecule has 6 nitrogen and oxygen atoms in total. The van der Waals surface area contributed by atoms with E-state index in [-0.39, 0.29) is 18.1 Å². The average molecular weight is 343 g/mol. The Bertz CT molecular complexity index is 660. The summed E-state index contributed by atoms with van der Waals surface area (Å²) in [6.45, 7) is 3.61. The molecule has 1 saturated heterocycles. The van der Waals surface area contributed by atoms with Crippen molar-refractivity contribution in [2.24, 2.45) is 0 Å². The average Bonchev–Trinajstić information content (AvgIpc) is 3.27. The summed E-state index contributed by atoms with van der Waals surface area (Å²) in [4.78, 5) is 14.4. The largest absolute Gasteiger partial charge is 0.467 e. The van der Waals surface area contributed by atoms with Gasteiger partial charge >= 0.3 is 6.03 Å². The predicted molar refractivity (Wildman–Crippen MR) is 96.5 cm³/mol. The molecule has 0 bridgehead atoms. The number of benzene rings is 1. The number of aliphatic hydroxyl groups is 1. The van der Waals surface area contributed by atoms with Crippen molar-refractivity contribution in [2.75, 3.05) is 18.0 Å². The number of urea groups is 1. The summed E-state index contributed by atoms with van der Waals surface area (Å²) in [5.41, 5.74) is 1.18. The molecule has 25 heavy (non-hydrogen) atoms. The van der Waals surface area contributed by atoms with Gasteiger partial charge in [-0.3, -0.25) is 0 Å². The minimum atomic E-state index is -0.717. The zero-order chi connectivity index (χ0) is 17.6. The van der Waals surface area contributed by atoms with E-state index in [0.29, 0.717) is 12.2 Å². The molecule has 1 aromatic carbocycles. The van der Waals surface area contributed by atoms with E-state index >= 15 is 0 Å². The first-order valence-electron chi connectivity index (χ1n) is 8.70. The second kappa shape index (κ2) is 8.07. The highest BCUT2D eigenvalue weighted by atomic mass is 16.4. The molecule has 1 fully saturated rings. The van der Waals surface area contributed by atoms with E-state index < -0.39 is 6.10 Å². The third-order valence-electron chi connectivity index (χ3n) is 4.47. The molecule has 0 radical (unpaired) electrons. The molecular formula is C19H25N3O3. The van der Waals surface area contributed by atoms with Crippen LogP contribution >= 0.6 is 0 Å². The molecule has 0 aliphatic carbocycles. The highest BCUT2D eigenvalue weighted by molar-refractivity contribution is 5.74. The number of anilines is 1. The Balaban J connectivity index is 1.42. The van der Waals surface area contributed by atoms with Crippen LogP contribution in [0.3, 0.4) is 0 Å². The third kappa shape index (κ3) is 4.76. The molecule has 3 N–H and O–H groups in total. The number of carbonyl (C=O) groups excluding carboxylic acids is 1. The van der Waals surface area contributed by atoms with Crippen molar-refractivity contribution in [1.82, 2.24) is 10.6 Å². The lowest BCUT2D eigenvalue weighted by Crippen LogP contribution is -2.46. The summed E-state index contributed by atoms with van der Waals surface area (Å²) in [5.74, 6) is 0.517. The van der Waals surface area contributed by atoms with Gasteiger partial charge in [-0.2, -0.15) is 0 Å². The predicted octanol–water partition coefficient (Wildman–Crippen LogP) is 2.67. The van der Waals surface area contributed by atoms with E-state index in [1.165, 1.54) is 12.0 Å². The van der Waals surface area contributed by atoms with Crippen molar-refractivity contribution < 1.29 is 14.3 Å². The summed E-state index contributed by atoms with van der Waals surface area (Å²) < 4.78 is 5.18. The van der Waals surface area contributed by atoms with E-state index in [0.717, 1.165) is 19.5 Å². The number of nitrogens with one attached hydrogen (secondary N) is 2. The maximum absolute atomic E-state index is 12.2. The molecule has 2 amide bonds. The summed E-state index contributed by atoms with van der Waals surface area (Å²) in [6, 6.07) is 13.5. The lowest BCUT2D eigenvalue weighted by molar-refractivity contribution is 0.129. The van der Waals surface area contributed by atoms with Crippen molar-refractivity contribution in [3.8, 4) is 0 Å². The highest BCUT2D eigenvalue weighted by Gasteiger charge is 2.24. The number of rotatable bonds is 6. The lowest BCUT2D eigenvalue weighted by atomic mass is 10.1. The number of hydrogen-bond donors (Lipinski definition) is 3. The summed E-state index contributed by atoms with van der Waals surface area (Å²) >= 11 is 0. The second-order valence-corrected chi connectivity index (χ2v) is 6.55. The molecule has 3 rings (SSSR count). The van der Waals surface area contributed by atoms with E-state index in [9.17, 15) is 9.90 Å². The highest BCUT2D eigenvalue weighted by Crippen LogP contribution is 2.20. The molecule has 0 saturated carbocycles. The van der Waals surface area contributed by atoms with Crippen LogP contribution < -0.4 is 15.5 Å². The Morgan fingerprint density at radius 3 is 2.84 bits per heavy atom. The van der Waals surface area contributed by atoms with Crippen molar-refractivity contribution in [3.63, 3.8) is 0 Å². The summed E-state index contributed by atoms with van der Waals surface area (Å²) in [6.07, 6.45) is 2.14. The first-order chi connectivity index (χ1) is 12.1. The van der Waals surface area contributed by atoms with Gasteiger partial charge in [0.1, 0.15) is 11.9 Å². The third-order valence-corrected chi connectivity index (χ3v) is 4.47. The molecule has 1 aromatic heterocycles. The number of para-hydroxylation sites is 1. The van der Waals surface area contributed by atoms with Crippen LogP contribution in [0.1, 0.15) is 31.6 Å². The Morgan fingerprint density at radius 1 is 1.32 bits per heavy atom. The maximum Gasteiger partial charge on any atom is 0.315 e. The van der Waals surface area contributed by atoms with Crippen LogP contribution in [0.2, 0.25) is 0 Å². The van der Waals surface area contributed by atoms with Gasteiger partial charge in [0.05, 0.1) is 6.26 Å². The van der Waals surface area contributed by atoms with Crippen LogP contribution in [0.4, 0.5) is 10.5 Å². The van der Waals surface area contributed by atoms with Crippen LogP contribution in [-0.4, -0.2) is 36.3 Å². The molecule has 6 heteroatoms. The number of furan rings is 1. The van der Waals surface area contributed by atoms with E-state index in [1.807, 2.05) is 25.1 Å². The van der Waals surface area contributed by atoms with Gasteiger partial charge in [-0.05, 0) is 37.6 Å². The normalized spacial score (nSPS) is 19.4. The Morgan fingerprint density at radius 2 is 2.12 bits per heavy atom. The van der Waals surface area contributed by atoms with Crippen LogP contribution in [0.15, 0.2) is 53.1 Å². The van der Waals surface area contributed by atoms with Crippen molar-refractivity contribution >= 4 is 11.7 Å². The first kappa shape index (κ1) is 17.4. The zero-order valence-corrected chi connectivity index (χ0v) is 14.4. The Labute approximate surface area is 147 Å². The van der Waals surface area contributed by atoms with Gasteiger partial charge in [0.15, 0.2) is 0 Å². The van der Waals surface area contributed by atoms with Gasteiger partial charge in [0.25, 0.3) is 0 Å². The van der Waals surface area contributed by atoms with Crippen LogP contribution in [-0.2, 0) is 0 Å². The van der Waals surface area contributed by atoms with Gasteiger partial charge in [0.2, 0.25) is 0 Å². The smallest absolute Gasteiger partial charge is 0.315 e.